The molecule has 0 bridgehead atoms. The van der Waals surface area contributed by atoms with E-state index in [1.165, 1.54) is 0 Å². The number of hydrogen-bond donors (Lipinski definition) is 0. The van der Waals surface area contributed by atoms with Crippen LogP contribution in [0.3, 0.4) is 0 Å². The van der Waals surface area contributed by atoms with Crippen LogP contribution >= 0.6 is 17.0 Å². The second-order valence-corrected chi connectivity index (χ2v) is 58.8. The van der Waals surface area contributed by atoms with Crippen LogP contribution in [-0.2, 0) is 40.3 Å². The van der Waals surface area contributed by atoms with Crippen molar-refractivity contribution in [3.63, 3.8) is 0 Å². The zero-order valence-corrected chi connectivity index (χ0v) is 38.4. The molecule has 2 aliphatic rings. The molecule has 2 unspecified atom stereocenters. The zero-order valence-electron chi connectivity index (χ0n) is 33.3. The molecule has 0 fully saturated rings. The Morgan fingerprint density at radius 2 is 0.817 bits per heavy atom. The van der Waals surface area contributed by atoms with Crippen LogP contribution in [0.5, 0.6) is 0 Å². The molecule has 0 spiro atoms. The maximum atomic E-state index is 14.1. The Labute approximate surface area is 349 Å². The van der Waals surface area contributed by atoms with Crippen LogP contribution in [0.4, 0.5) is 52.7 Å². The molecular weight excluding hydrogens is 947 g/mol. The van der Waals surface area contributed by atoms with Gasteiger partial charge in [-0.25, -0.2) is 0 Å². The average Bonchev–Trinajstić information content (AvgIpc) is 3.69. The van der Waals surface area contributed by atoms with Crippen molar-refractivity contribution in [2.75, 3.05) is 0 Å². The van der Waals surface area contributed by atoms with Crippen LogP contribution < -0.4 is 0 Å². The molecular formula is C44H41Cl2F12SiZr. The van der Waals surface area contributed by atoms with E-state index in [1.54, 1.807) is 50.3 Å². The molecule has 4 aromatic rings. The fourth-order valence-electron chi connectivity index (χ4n) is 9.35. The first-order chi connectivity index (χ1) is 27.5. The van der Waals surface area contributed by atoms with Gasteiger partial charge in [0.1, 0.15) is 0 Å². The third-order valence-corrected chi connectivity index (χ3v) is 63.9. The predicted molar refractivity (Wildman–Crippen MR) is 215 cm³/mol. The number of rotatable bonds is 9. The molecule has 0 aromatic heterocycles. The Morgan fingerprint density at radius 3 is 1.07 bits per heavy atom. The number of fused-ring (bicyclic) bond motifs is 2. The summed E-state index contributed by atoms with van der Waals surface area (Å²) < 4.78 is 168. The SMILES string of the molecule is CCCC1=Cc2c(ccc(C)c2-c2cc(C(F)(F)F)cc(C(F)(F)F)c2)[CH]1[Zr]([Cl])([Cl])([CH]1C(CCC)=Cc2c1ccc(C)c2-c1cc(C(F)(F)F)cc(C(F)(F)F)c1)[SiH](C)C. The number of alkyl halides is 12. The number of benzene rings is 4. The number of hydrogen-bond acceptors (Lipinski definition) is 0. The molecule has 60 heavy (non-hydrogen) atoms. The van der Waals surface area contributed by atoms with Crippen molar-refractivity contribution >= 4 is 35.1 Å². The van der Waals surface area contributed by atoms with Gasteiger partial charge >= 0.3 is 351 Å². The monoisotopic (exact) mass is 985 g/mol. The molecule has 4 aromatic carbocycles. The number of halogens is 14. The van der Waals surface area contributed by atoms with Crippen molar-refractivity contribution < 1.29 is 68.2 Å². The fraction of sp³-hybridized carbons (Fsp3) is 0.364. The van der Waals surface area contributed by atoms with Crippen molar-refractivity contribution in [2.45, 2.75) is 98.4 Å². The second kappa shape index (κ2) is 15.8. The van der Waals surface area contributed by atoms with E-state index in [1.807, 2.05) is 26.9 Å². The van der Waals surface area contributed by atoms with Gasteiger partial charge < -0.3 is 0 Å². The molecule has 0 saturated heterocycles. The Morgan fingerprint density at radius 1 is 0.517 bits per heavy atom. The molecule has 0 nitrogen and oxygen atoms in total. The zero-order chi connectivity index (χ0) is 44.7. The van der Waals surface area contributed by atoms with E-state index in [9.17, 15) is 52.7 Å². The van der Waals surface area contributed by atoms with Crippen molar-refractivity contribution in [3.8, 4) is 22.3 Å². The average molecular weight is 988 g/mol. The van der Waals surface area contributed by atoms with Gasteiger partial charge in [0, 0.05) is 0 Å². The number of allylic oxidation sites excluding steroid dienone is 2. The summed E-state index contributed by atoms with van der Waals surface area (Å²) in [6, 6.07) is 9.85. The first kappa shape index (κ1) is 46.7. The normalized spacial score (nSPS) is 18.0. The summed E-state index contributed by atoms with van der Waals surface area (Å²) in [5.74, 6) is -2.33. The summed E-state index contributed by atoms with van der Waals surface area (Å²) >= 11 is -5.75. The predicted octanol–water partition coefficient (Wildman–Crippen LogP) is 16.9. The van der Waals surface area contributed by atoms with Gasteiger partial charge in [0.25, 0.3) is 0 Å². The van der Waals surface area contributed by atoms with Crippen LogP contribution in [0.1, 0.15) is 102 Å². The Kier molecular flexibility index (Phi) is 12.3. The van der Waals surface area contributed by atoms with Crippen molar-refractivity contribution in [1.82, 2.24) is 0 Å². The molecule has 6 rings (SSSR count). The summed E-state index contributed by atoms with van der Waals surface area (Å²) in [6.45, 7) is 11.0. The van der Waals surface area contributed by atoms with E-state index in [-0.39, 0.29) is 34.4 Å². The van der Waals surface area contributed by atoms with Gasteiger partial charge in [-0.1, -0.05) is 0 Å². The minimum absolute atomic E-state index is 0.0832. The van der Waals surface area contributed by atoms with Crippen molar-refractivity contribution in [2.24, 2.45) is 0 Å². The standard InChI is InChI=1S/2C21H17F6.C2H7Si.2ClH.Zr/c2*1-3-4-13-7-14-6-5-12(2)19(18(14)8-13)15-9-16(20(22,23)24)11-17(10-15)21(25,26)27;1-3-2;;;/h2*5-11H,3-4H2,1-2H3;3H,1-2H3;2*1H;/q;;;;;+2/p-2. The Bertz CT molecular complexity index is 2190. The summed E-state index contributed by atoms with van der Waals surface area (Å²) in [4.78, 5) is 0. The Hall–Kier alpha value is -2.80. The van der Waals surface area contributed by atoms with Gasteiger partial charge in [0.2, 0.25) is 0 Å². The summed E-state index contributed by atoms with van der Waals surface area (Å²) in [5.41, 5.74) is -1.66. The van der Waals surface area contributed by atoms with E-state index < -0.39 is 75.7 Å². The van der Waals surface area contributed by atoms with E-state index in [0.29, 0.717) is 83.3 Å². The molecule has 323 valence electrons. The summed E-state index contributed by atoms with van der Waals surface area (Å²) in [5, 5.41) is 0. The van der Waals surface area contributed by atoms with Crippen molar-refractivity contribution in [1.29, 1.82) is 0 Å². The van der Waals surface area contributed by atoms with Gasteiger partial charge in [0.05, 0.1) is 0 Å². The third-order valence-electron chi connectivity index (χ3n) is 12.0. The van der Waals surface area contributed by atoms with E-state index in [2.05, 4.69) is 0 Å². The molecule has 0 saturated carbocycles. The van der Waals surface area contributed by atoms with Crippen LogP contribution in [0.2, 0.25) is 13.1 Å². The maximum absolute atomic E-state index is 14.1. The topological polar surface area (TPSA) is 0 Å². The molecule has 0 heterocycles. The first-order valence-corrected chi connectivity index (χ1v) is 35.7. The van der Waals surface area contributed by atoms with Gasteiger partial charge in [-0.3, -0.25) is 0 Å². The third kappa shape index (κ3) is 8.13. The van der Waals surface area contributed by atoms with Gasteiger partial charge in [-0.2, -0.15) is 0 Å². The van der Waals surface area contributed by atoms with E-state index in [0.717, 1.165) is 11.1 Å². The van der Waals surface area contributed by atoms with Gasteiger partial charge in [0.15, 0.2) is 0 Å². The molecule has 0 radical (unpaired) electrons. The molecule has 2 aliphatic carbocycles. The van der Waals surface area contributed by atoms with E-state index in [4.69, 9.17) is 17.0 Å². The Balaban J connectivity index is 1.66. The summed E-state index contributed by atoms with van der Waals surface area (Å²) in [6.07, 6.45) is -14.7. The molecule has 0 aliphatic heterocycles. The van der Waals surface area contributed by atoms with Crippen LogP contribution in [-0.4, -0.2) is 5.92 Å². The molecule has 0 amide bonds. The molecule has 2 atom stereocenters. The minimum atomic E-state index is -5.75. The van der Waals surface area contributed by atoms with Crippen LogP contribution in [0.15, 0.2) is 71.8 Å². The number of aryl methyl sites for hydroxylation is 2. The fourth-order valence-corrected chi connectivity index (χ4v) is 40.9. The molecule has 16 heteroatoms. The van der Waals surface area contributed by atoms with Gasteiger partial charge in [-0.15, -0.1) is 0 Å². The first-order valence-electron chi connectivity index (χ1n) is 19.4. The second-order valence-electron chi connectivity index (χ2n) is 16.3. The van der Waals surface area contributed by atoms with Crippen molar-refractivity contribution in [3.05, 3.63) is 127 Å². The van der Waals surface area contributed by atoms with E-state index >= 15 is 0 Å². The summed E-state index contributed by atoms with van der Waals surface area (Å²) in [7, 11) is 16.9. The quantitative estimate of drug-likeness (QED) is 0.116. The van der Waals surface area contributed by atoms with Crippen LogP contribution in [0, 0.1) is 13.8 Å². The molecule has 0 N–H and O–H groups in total. The van der Waals surface area contributed by atoms with Gasteiger partial charge in [-0.05, 0) is 0 Å². The van der Waals surface area contributed by atoms with Crippen LogP contribution in [0.25, 0.3) is 34.4 Å².